The van der Waals surface area contributed by atoms with Crippen molar-refractivity contribution in [1.29, 1.82) is 5.26 Å². The van der Waals surface area contributed by atoms with Crippen molar-refractivity contribution in [3.05, 3.63) is 244 Å². The molecule has 0 unspecified atom stereocenters. The predicted molar refractivity (Wildman–Crippen MR) is 356 cm³/mol. The number of nitriles is 1. The van der Waals surface area contributed by atoms with Gasteiger partial charge in [-0.15, -0.1) is 0 Å². The molecule has 0 aliphatic carbocycles. The van der Waals surface area contributed by atoms with E-state index in [1.807, 2.05) is 78.9 Å². The summed E-state index contributed by atoms with van der Waals surface area (Å²) in [5.41, 5.74) is 10.5. The maximum atomic E-state index is 11.8. The number of rotatable bonds is 12. The molecule has 0 aromatic heterocycles. The number of nitrogens with one attached hydrogen (secondary N) is 4. The van der Waals surface area contributed by atoms with Gasteiger partial charge in [0, 0.05) is 34.7 Å². The number of hydrogen-bond donors (Lipinski definition) is 8. The van der Waals surface area contributed by atoms with E-state index in [-0.39, 0.29) is 85.2 Å². The molecule has 21 nitrogen and oxygen atoms in total. The SMILES string of the molecule is C.C.C.COc1c(Nc2ccccc2Br)c(=O)c1=O.COc1c(Nc2ccccc2Br)c(=O)c1=O.COc1c(OC)c(=O)c1=O.N#Cc1ccc(N)c(O)c1.Nc1ccccc1Br.O=c1c(Nc2ccc(Cl)cc2O)c(Nc2ccccc2Br)c1=O. The Bertz CT molecular complexity index is 4130. The second kappa shape index (κ2) is 34.0. The van der Waals surface area contributed by atoms with E-state index in [4.69, 9.17) is 42.9 Å². The number of nitrogen functional groups attached to an aromatic ring is 2. The van der Waals surface area contributed by atoms with Crippen LogP contribution in [-0.4, -0.2) is 38.7 Å². The number of aromatic hydroxyl groups is 2. The summed E-state index contributed by atoms with van der Waals surface area (Å²) in [4.78, 5) is 89.5. The fourth-order valence-corrected chi connectivity index (χ4v) is 8.24. The van der Waals surface area contributed by atoms with E-state index in [2.05, 4.69) is 94.5 Å². The zero-order chi connectivity index (χ0) is 61.2. The van der Waals surface area contributed by atoms with E-state index in [9.17, 15) is 43.5 Å². The molecule has 10 aromatic carbocycles. The molecule has 0 aliphatic rings. The Morgan fingerprint density at radius 3 is 1.07 bits per heavy atom. The van der Waals surface area contributed by atoms with Crippen molar-refractivity contribution in [3.63, 3.8) is 0 Å². The van der Waals surface area contributed by atoms with Gasteiger partial charge in [-0.05, 0) is 143 Å². The molecule has 10 aromatic rings. The van der Waals surface area contributed by atoms with E-state index >= 15 is 0 Å². The molecule has 0 heterocycles. The van der Waals surface area contributed by atoms with Gasteiger partial charge in [0.15, 0.2) is 11.5 Å². The molecule has 0 radical (unpaired) electrons. The Morgan fingerprint density at radius 1 is 0.407 bits per heavy atom. The van der Waals surface area contributed by atoms with E-state index in [0.29, 0.717) is 33.3 Å². The summed E-state index contributed by atoms with van der Waals surface area (Å²) in [5.74, 6) is 0.0537. The van der Waals surface area contributed by atoms with Crippen molar-refractivity contribution < 1.29 is 29.2 Å². The van der Waals surface area contributed by atoms with Crippen LogP contribution in [0.4, 0.5) is 56.9 Å². The number of phenolic OH excluding ortho intramolecular Hbond substituents is 2. The summed E-state index contributed by atoms with van der Waals surface area (Å²) in [6.07, 6.45) is 0. The summed E-state index contributed by atoms with van der Waals surface area (Å²) in [6, 6.07) is 40.1. The molecule has 0 bridgehead atoms. The van der Waals surface area contributed by atoms with Crippen molar-refractivity contribution in [2.75, 3.05) is 61.2 Å². The van der Waals surface area contributed by atoms with Crippen LogP contribution < -0.4 is 95.1 Å². The highest BCUT2D eigenvalue weighted by Gasteiger charge is 2.25. The lowest BCUT2D eigenvalue weighted by molar-refractivity contribution is 0.339. The number of anilines is 10. The highest BCUT2D eigenvalue weighted by Crippen LogP contribution is 2.34. The molecule has 0 atom stereocenters. The molecule has 10 N–H and O–H groups in total. The number of nitrogens with zero attached hydrogens (tertiary/aromatic N) is 1. The van der Waals surface area contributed by atoms with Gasteiger partial charge >= 0.3 is 0 Å². The second-order valence-electron chi connectivity index (χ2n) is 16.3. The number of phenols is 2. The molecular formula is C60H56Br4ClN7O14. The first-order valence-corrected chi connectivity index (χ1v) is 26.9. The Hall–Kier alpha value is -9.06. The molecule has 0 saturated heterocycles. The van der Waals surface area contributed by atoms with Crippen LogP contribution in [0.3, 0.4) is 0 Å². The van der Waals surface area contributed by atoms with Gasteiger partial charge in [0.25, 0.3) is 43.4 Å². The number of ether oxygens (including phenoxy) is 4. The lowest BCUT2D eigenvalue weighted by Crippen LogP contribution is -2.35. The smallest absolute Gasteiger partial charge is 0.275 e. The first kappa shape index (κ1) is 73.0. The van der Waals surface area contributed by atoms with Gasteiger partial charge in [0.2, 0.25) is 11.5 Å². The topological polar surface area (TPSA) is 338 Å². The molecule has 0 fully saturated rings. The van der Waals surface area contributed by atoms with Crippen molar-refractivity contribution >= 4 is 132 Å². The third-order valence-electron chi connectivity index (χ3n) is 11.0. The average molecular weight is 1450 g/mol. The summed E-state index contributed by atoms with van der Waals surface area (Å²) >= 11 is 19.1. The highest BCUT2D eigenvalue weighted by atomic mass is 79.9. The van der Waals surface area contributed by atoms with Gasteiger partial charge in [-0.3, -0.25) is 38.4 Å². The van der Waals surface area contributed by atoms with Crippen molar-refractivity contribution in [3.8, 4) is 40.6 Å². The molecule has 0 amide bonds. The van der Waals surface area contributed by atoms with E-state index < -0.39 is 43.4 Å². The number of methoxy groups -OCH3 is 4. The van der Waals surface area contributed by atoms with Crippen LogP contribution in [0.1, 0.15) is 27.8 Å². The third kappa shape index (κ3) is 18.0. The van der Waals surface area contributed by atoms with Crippen LogP contribution in [0.2, 0.25) is 5.02 Å². The van der Waals surface area contributed by atoms with E-state index in [1.54, 1.807) is 36.4 Å². The zero-order valence-electron chi connectivity index (χ0n) is 43.5. The van der Waals surface area contributed by atoms with Crippen LogP contribution in [0, 0.1) is 11.3 Å². The molecule has 26 heteroatoms. The quantitative estimate of drug-likeness (QED) is 0.0320. The number of nitrogens with two attached hydrogens (primary N) is 2. The second-order valence-corrected chi connectivity index (χ2v) is 20.1. The van der Waals surface area contributed by atoms with E-state index in [1.165, 1.54) is 52.7 Å². The van der Waals surface area contributed by atoms with E-state index in [0.717, 1.165) is 23.6 Å². The van der Waals surface area contributed by atoms with Crippen LogP contribution in [0.5, 0.6) is 34.5 Å². The highest BCUT2D eigenvalue weighted by molar-refractivity contribution is 9.11. The van der Waals surface area contributed by atoms with Crippen LogP contribution in [-0.2, 0) is 0 Å². The Kier molecular flexibility index (Phi) is 28.9. The summed E-state index contributed by atoms with van der Waals surface area (Å²) in [6.45, 7) is 0. The maximum absolute atomic E-state index is 11.8. The lowest BCUT2D eigenvalue weighted by Gasteiger charge is -2.16. The summed E-state index contributed by atoms with van der Waals surface area (Å²) < 4.78 is 22.1. The third-order valence-corrected chi connectivity index (χ3v) is 14.0. The standard InChI is InChI=1S/C16H10BrClN2O3.2C11H8BrNO3.C7H6N2O.C6H6BrN.C6H6O4.3CH4/c17-9-3-1-2-4-10(9)19-13-14(16(23)15(13)22)20-11-6-5-8(18)7-12(11)21;2*1-16-11-8(9(14)10(11)15)13-7-5-3-2-4-6(7)12;8-4-5-1-2-6(9)7(10)3-5;7-5-3-1-2-4-6(5)8;1-9-5-3(7)4(8)6(5)10-2;;;/h1-7,19-21H;2*2-5,13H,1H3;1-3,10H,9H2;1-4H,8H2;1-2H3;3*1H4. The molecule has 0 aliphatic heterocycles. The van der Waals surface area contributed by atoms with Gasteiger partial charge in [-0.2, -0.15) is 5.26 Å². The largest absolute Gasteiger partial charge is 0.506 e. The zero-order valence-corrected chi connectivity index (χ0v) is 50.6. The Labute approximate surface area is 530 Å². The van der Waals surface area contributed by atoms with Crippen molar-refractivity contribution in [2.45, 2.75) is 22.3 Å². The monoisotopic (exact) mass is 1450 g/mol. The number of hydrogen-bond acceptors (Lipinski definition) is 21. The van der Waals surface area contributed by atoms with Crippen LogP contribution in [0.25, 0.3) is 0 Å². The van der Waals surface area contributed by atoms with Crippen LogP contribution >= 0.6 is 75.3 Å². The maximum Gasteiger partial charge on any atom is 0.275 e. The van der Waals surface area contributed by atoms with Gasteiger partial charge in [-0.25, -0.2) is 0 Å². The fraction of sp³-hybridized carbons (Fsp3) is 0.117. The molecular weight excluding hydrogens is 1400 g/mol. The predicted octanol–water partition coefficient (Wildman–Crippen LogP) is 11.6. The summed E-state index contributed by atoms with van der Waals surface area (Å²) in [7, 11) is 5.36. The molecule has 0 spiro atoms. The number of halogens is 5. The Morgan fingerprint density at radius 2 is 0.744 bits per heavy atom. The molecule has 450 valence electrons. The first-order chi connectivity index (χ1) is 39.5. The fourth-order valence-electron chi connectivity index (χ4n) is 6.63. The molecule has 86 heavy (non-hydrogen) atoms. The number of benzene rings is 6. The average Bonchev–Trinajstić information content (AvgIpc) is 1.25. The first-order valence-electron chi connectivity index (χ1n) is 23.3. The molecule has 0 saturated carbocycles. The minimum Gasteiger partial charge on any atom is -0.506 e. The minimum absolute atomic E-state index is 0. The Balaban J connectivity index is 0.000000362. The van der Waals surface area contributed by atoms with Gasteiger partial charge in [0.05, 0.1) is 68.5 Å². The van der Waals surface area contributed by atoms with Crippen molar-refractivity contribution in [1.82, 2.24) is 0 Å². The van der Waals surface area contributed by atoms with Gasteiger partial charge in [0.1, 0.15) is 34.2 Å². The van der Waals surface area contributed by atoms with Gasteiger partial charge in [-0.1, -0.05) is 82.4 Å². The van der Waals surface area contributed by atoms with Crippen molar-refractivity contribution in [2.24, 2.45) is 0 Å². The summed E-state index contributed by atoms with van der Waals surface area (Å²) in [5, 5.41) is 38.9. The lowest BCUT2D eigenvalue weighted by atomic mass is 10.1. The van der Waals surface area contributed by atoms with Crippen LogP contribution in [0.15, 0.2) is 190 Å². The normalized spacial score (nSPS) is 9.72. The number of para-hydroxylation sites is 4. The van der Waals surface area contributed by atoms with Gasteiger partial charge < -0.3 is 61.9 Å². The minimum atomic E-state index is -0.645. The molecule has 10 rings (SSSR count).